The third kappa shape index (κ3) is 50.4. The minimum Gasteiger partial charge on any atom is -0.462 e. The second kappa shape index (κ2) is 54.2. The number of esters is 3. The van der Waals surface area contributed by atoms with Crippen molar-refractivity contribution in [3.63, 3.8) is 0 Å². The fraction of sp³-hybridized carbons (Fsp3) is 0.850. The minimum atomic E-state index is -0.842. The summed E-state index contributed by atoms with van der Waals surface area (Å²) in [7, 11) is 0. The van der Waals surface area contributed by atoms with Crippen molar-refractivity contribution < 1.29 is 48.7 Å². The molecule has 0 aliphatic heterocycles. The summed E-state index contributed by atoms with van der Waals surface area (Å²) in [5.41, 5.74) is 0. The van der Waals surface area contributed by atoms with Gasteiger partial charge in [-0.3, -0.25) is 14.4 Å². The summed E-state index contributed by atoms with van der Waals surface area (Å²) >= 11 is 0. The number of ether oxygens (including phenoxy) is 4. The van der Waals surface area contributed by atoms with Gasteiger partial charge in [0.25, 0.3) is 0 Å². The standard InChI is InChI=1S/C60H110O10/c1-4-7-10-13-14-15-16-17-18-19-20-21-29-34-41-48-59(65)69-56(50-61)51-67-52-57(70-60(66)49-42-35-30-25-23-27-32-39-46-55(63)44-37-12-9-6-3)53-68-58(64)47-40-33-28-24-22-26-31-38-45-54(62)43-36-11-8-5-2/h17-18,31-32,38-39,54-57,61-63H,4-16,19-30,33-37,40-53H2,1-3H3/t54-,55-,56?,57?/m1/s1. The zero-order valence-electron chi connectivity index (χ0n) is 45.6. The van der Waals surface area contributed by atoms with Gasteiger partial charge in [-0.25, -0.2) is 0 Å². The van der Waals surface area contributed by atoms with Gasteiger partial charge < -0.3 is 34.3 Å². The molecule has 0 rings (SSSR count). The van der Waals surface area contributed by atoms with Gasteiger partial charge in [-0.2, -0.15) is 0 Å². The van der Waals surface area contributed by atoms with Gasteiger partial charge in [-0.05, 0) is 96.3 Å². The van der Waals surface area contributed by atoms with Crippen LogP contribution in [-0.2, 0) is 33.3 Å². The highest BCUT2D eigenvalue weighted by Gasteiger charge is 2.20. The summed E-state index contributed by atoms with van der Waals surface area (Å²) in [6.07, 6.45) is 51.4. The summed E-state index contributed by atoms with van der Waals surface area (Å²) < 4.78 is 22.6. The van der Waals surface area contributed by atoms with Gasteiger partial charge in [0.05, 0.1) is 32.0 Å². The highest BCUT2D eigenvalue weighted by Crippen LogP contribution is 2.15. The third-order valence-corrected chi connectivity index (χ3v) is 12.9. The topological polar surface area (TPSA) is 149 Å². The van der Waals surface area contributed by atoms with E-state index in [0.717, 1.165) is 148 Å². The fourth-order valence-electron chi connectivity index (χ4n) is 8.37. The molecule has 0 saturated carbocycles. The van der Waals surface area contributed by atoms with E-state index in [1.54, 1.807) is 0 Å². The summed E-state index contributed by atoms with van der Waals surface area (Å²) in [6.45, 7) is 5.99. The maximum atomic E-state index is 12.9. The maximum absolute atomic E-state index is 12.9. The van der Waals surface area contributed by atoms with Crippen LogP contribution >= 0.6 is 0 Å². The number of carbonyl (C=O) groups excluding carboxylic acids is 3. The predicted octanol–water partition coefficient (Wildman–Crippen LogP) is 15.4. The molecule has 0 aliphatic carbocycles. The second-order valence-electron chi connectivity index (χ2n) is 20.0. The first-order valence-electron chi connectivity index (χ1n) is 29.3. The third-order valence-electron chi connectivity index (χ3n) is 12.9. The van der Waals surface area contributed by atoms with Crippen molar-refractivity contribution in [2.45, 2.75) is 302 Å². The molecule has 10 heteroatoms. The molecular weight excluding hydrogens is 881 g/mol. The van der Waals surface area contributed by atoms with Gasteiger partial charge >= 0.3 is 17.9 Å². The molecule has 0 saturated heterocycles. The number of unbranched alkanes of at least 4 members (excludes halogenated alkanes) is 27. The van der Waals surface area contributed by atoms with E-state index >= 15 is 0 Å². The Labute approximate surface area is 430 Å². The molecule has 4 atom stereocenters. The van der Waals surface area contributed by atoms with Crippen molar-refractivity contribution in [3.8, 4) is 0 Å². The quantitative estimate of drug-likeness (QED) is 0.0233. The SMILES string of the molecule is CCCCCCCCC=CCCCCCCCC(=O)OC(CO)COCC(COC(=O)CCCCCCCC=CC[C@H](O)CCCCCC)OC(=O)CCCCCCCC=CC[C@H](O)CCCCCC. The lowest BCUT2D eigenvalue weighted by atomic mass is 10.1. The molecule has 0 aromatic rings. The van der Waals surface area contributed by atoms with E-state index in [0.29, 0.717) is 6.42 Å². The molecular formula is C60H110O10. The van der Waals surface area contributed by atoms with E-state index in [2.05, 4.69) is 57.2 Å². The van der Waals surface area contributed by atoms with E-state index in [9.17, 15) is 29.7 Å². The Balaban J connectivity index is 4.62. The van der Waals surface area contributed by atoms with Crippen LogP contribution < -0.4 is 0 Å². The first kappa shape index (κ1) is 67.5. The highest BCUT2D eigenvalue weighted by molar-refractivity contribution is 5.70. The van der Waals surface area contributed by atoms with E-state index in [1.807, 2.05) is 0 Å². The van der Waals surface area contributed by atoms with Crippen molar-refractivity contribution in [2.75, 3.05) is 26.4 Å². The number of rotatable bonds is 54. The van der Waals surface area contributed by atoms with Crippen molar-refractivity contribution in [2.24, 2.45) is 0 Å². The van der Waals surface area contributed by atoms with E-state index in [-0.39, 0.29) is 69.2 Å². The Hall–Kier alpha value is -2.53. The van der Waals surface area contributed by atoms with Crippen LogP contribution in [-0.4, -0.2) is 84.1 Å². The van der Waals surface area contributed by atoms with Gasteiger partial charge in [-0.1, -0.05) is 198 Å². The number of aliphatic hydroxyl groups is 3. The average Bonchev–Trinajstić information content (AvgIpc) is 3.35. The lowest BCUT2D eigenvalue weighted by Gasteiger charge is -2.20. The average molecular weight is 992 g/mol. The molecule has 0 amide bonds. The molecule has 2 unspecified atom stereocenters. The largest absolute Gasteiger partial charge is 0.462 e. The molecule has 0 aromatic carbocycles. The molecule has 0 heterocycles. The number of allylic oxidation sites excluding steroid dienone is 4. The number of aliphatic hydroxyl groups excluding tert-OH is 3. The van der Waals surface area contributed by atoms with Gasteiger partial charge in [-0.15, -0.1) is 0 Å². The molecule has 10 nitrogen and oxygen atoms in total. The van der Waals surface area contributed by atoms with Crippen LogP contribution in [0.1, 0.15) is 278 Å². The van der Waals surface area contributed by atoms with E-state index in [1.165, 1.54) is 83.5 Å². The molecule has 410 valence electrons. The number of hydrogen-bond donors (Lipinski definition) is 3. The maximum Gasteiger partial charge on any atom is 0.306 e. The molecule has 0 radical (unpaired) electrons. The molecule has 70 heavy (non-hydrogen) atoms. The summed E-state index contributed by atoms with van der Waals surface area (Å²) in [4.78, 5) is 38.2. The van der Waals surface area contributed by atoms with Crippen molar-refractivity contribution in [1.29, 1.82) is 0 Å². The van der Waals surface area contributed by atoms with E-state index < -0.39 is 18.8 Å². The van der Waals surface area contributed by atoms with E-state index in [4.69, 9.17) is 18.9 Å². The zero-order valence-corrected chi connectivity index (χ0v) is 45.6. The molecule has 0 aliphatic rings. The predicted molar refractivity (Wildman–Crippen MR) is 290 cm³/mol. The van der Waals surface area contributed by atoms with Crippen LogP contribution in [0.25, 0.3) is 0 Å². The van der Waals surface area contributed by atoms with Crippen LogP contribution in [0.3, 0.4) is 0 Å². The molecule has 0 fully saturated rings. The van der Waals surface area contributed by atoms with Crippen molar-refractivity contribution >= 4 is 17.9 Å². The monoisotopic (exact) mass is 991 g/mol. The number of carbonyl (C=O) groups is 3. The van der Waals surface area contributed by atoms with Crippen LogP contribution in [0.15, 0.2) is 36.5 Å². The van der Waals surface area contributed by atoms with Crippen molar-refractivity contribution in [3.05, 3.63) is 36.5 Å². The lowest BCUT2D eigenvalue weighted by Crippen LogP contribution is -2.33. The normalized spacial score (nSPS) is 13.6. The van der Waals surface area contributed by atoms with Crippen LogP contribution in [0.5, 0.6) is 0 Å². The molecule has 0 bridgehead atoms. The summed E-state index contributed by atoms with van der Waals surface area (Å²) in [6, 6.07) is 0. The molecule has 0 spiro atoms. The van der Waals surface area contributed by atoms with Gasteiger partial charge in [0, 0.05) is 19.3 Å². The Morgan fingerprint density at radius 2 is 0.714 bits per heavy atom. The van der Waals surface area contributed by atoms with Crippen molar-refractivity contribution in [1.82, 2.24) is 0 Å². The summed E-state index contributed by atoms with van der Waals surface area (Å²) in [5.74, 6) is -1.09. The zero-order chi connectivity index (χ0) is 51.2. The van der Waals surface area contributed by atoms with Gasteiger partial charge in [0.1, 0.15) is 12.7 Å². The Morgan fingerprint density at radius 1 is 0.386 bits per heavy atom. The van der Waals surface area contributed by atoms with Gasteiger partial charge in [0.15, 0.2) is 6.10 Å². The highest BCUT2D eigenvalue weighted by atomic mass is 16.6. The molecule has 0 aromatic heterocycles. The van der Waals surface area contributed by atoms with Gasteiger partial charge in [0.2, 0.25) is 0 Å². The Morgan fingerprint density at radius 3 is 1.13 bits per heavy atom. The Kier molecular flexibility index (Phi) is 52.3. The van der Waals surface area contributed by atoms with Crippen LogP contribution in [0, 0.1) is 0 Å². The van der Waals surface area contributed by atoms with Crippen LogP contribution in [0.4, 0.5) is 0 Å². The number of hydrogen-bond acceptors (Lipinski definition) is 10. The minimum absolute atomic E-state index is 0.0585. The first-order chi connectivity index (χ1) is 34.2. The lowest BCUT2D eigenvalue weighted by molar-refractivity contribution is -0.166. The fourth-order valence-corrected chi connectivity index (χ4v) is 8.37. The summed E-state index contributed by atoms with van der Waals surface area (Å²) in [5, 5.41) is 30.2. The first-order valence-corrected chi connectivity index (χ1v) is 29.3. The Bertz CT molecular complexity index is 1230. The van der Waals surface area contributed by atoms with Crippen LogP contribution in [0.2, 0.25) is 0 Å². The smallest absolute Gasteiger partial charge is 0.306 e. The molecule has 3 N–H and O–H groups in total. The second-order valence-corrected chi connectivity index (χ2v) is 20.0.